The molecule has 0 aliphatic heterocycles. The molecule has 1 aromatic rings. The van der Waals surface area contributed by atoms with Crippen molar-refractivity contribution in [1.82, 2.24) is 14.5 Å². The molecule has 1 rings (SSSR count). The monoisotopic (exact) mass is 288 g/mol. The zero-order valence-corrected chi connectivity index (χ0v) is 12.9. The van der Waals surface area contributed by atoms with E-state index in [0.717, 1.165) is 6.42 Å². The van der Waals surface area contributed by atoms with Gasteiger partial charge in [-0.1, -0.05) is 20.3 Å². The van der Waals surface area contributed by atoms with Gasteiger partial charge in [0, 0.05) is 13.1 Å². The highest BCUT2D eigenvalue weighted by atomic mass is 32.2. The van der Waals surface area contributed by atoms with Gasteiger partial charge in [0.2, 0.25) is 10.0 Å². The van der Waals surface area contributed by atoms with Gasteiger partial charge in [0.1, 0.15) is 4.90 Å². The predicted octanol–water partition coefficient (Wildman–Crippen LogP) is 0.783. The fraction of sp³-hybridized carbons (Fsp3) is 0.750. The third kappa shape index (κ3) is 3.77. The van der Waals surface area contributed by atoms with Gasteiger partial charge < -0.3 is 5.73 Å². The van der Waals surface area contributed by atoms with Crippen LogP contribution in [-0.4, -0.2) is 31.3 Å². The van der Waals surface area contributed by atoms with Gasteiger partial charge in [0.25, 0.3) is 0 Å². The standard InChI is InChI=1S/C12H24N4O2S/c1-5-9(2)8-14-19(17,18)12-10(3)15-16(7-6-13)11(12)4/h9,14H,5-8,13H2,1-4H3. The van der Waals surface area contributed by atoms with Crippen molar-refractivity contribution >= 4 is 10.0 Å². The van der Waals surface area contributed by atoms with Crippen LogP contribution in [0.2, 0.25) is 0 Å². The minimum Gasteiger partial charge on any atom is -0.329 e. The van der Waals surface area contributed by atoms with Crippen molar-refractivity contribution < 1.29 is 8.42 Å². The number of aromatic nitrogens is 2. The molecule has 0 aliphatic rings. The lowest BCUT2D eigenvalue weighted by molar-refractivity contribution is 0.527. The number of aryl methyl sites for hydroxylation is 1. The molecular weight excluding hydrogens is 264 g/mol. The molecule has 0 saturated heterocycles. The first-order chi connectivity index (χ1) is 8.83. The highest BCUT2D eigenvalue weighted by Crippen LogP contribution is 2.19. The summed E-state index contributed by atoms with van der Waals surface area (Å²) in [5.74, 6) is 0.314. The number of rotatable bonds is 7. The molecule has 0 aliphatic carbocycles. The van der Waals surface area contributed by atoms with Crippen LogP contribution in [0.1, 0.15) is 31.7 Å². The summed E-state index contributed by atoms with van der Waals surface area (Å²) in [5, 5.41) is 4.23. The molecule has 6 nitrogen and oxygen atoms in total. The van der Waals surface area contributed by atoms with Crippen LogP contribution < -0.4 is 10.5 Å². The first-order valence-electron chi connectivity index (χ1n) is 6.57. The minimum atomic E-state index is -3.50. The number of nitrogens with two attached hydrogens (primary N) is 1. The molecule has 19 heavy (non-hydrogen) atoms. The van der Waals surface area contributed by atoms with Crippen molar-refractivity contribution in [3.8, 4) is 0 Å². The predicted molar refractivity (Wildman–Crippen MR) is 75.4 cm³/mol. The summed E-state index contributed by atoms with van der Waals surface area (Å²) < 4.78 is 28.9. The van der Waals surface area contributed by atoms with E-state index in [1.54, 1.807) is 18.5 Å². The largest absolute Gasteiger partial charge is 0.329 e. The van der Waals surface area contributed by atoms with Gasteiger partial charge in [-0.3, -0.25) is 4.68 Å². The third-order valence-corrected chi connectivity index (χ3v) is 4.92. The van der Waals surface area contributed by atoms with E-state index >= 15 is 0 Å². The second-order valence-electron chi connectivity index (χ2n) is 4.88. The van der Waals surface area contributed by atoms with Crippen LogP contribution in [0.25, 0.3) is 0 Å². The maximum atomic E-state index is 12.3. The number of nitrogens with one attached hydrogen (secondary N) is 1. The Kier molecular flexibility index (Phi) is 5.51. The molecule has 0 fully saturated rings. The summed E-state index contributed by atoms with van der Waals surface area (Å²) in [5.41, 5.74) is 6.64. The Labute approximate surface area is 115 Å². The van der Waals surface area contributed by atoms with Gasteiger partial charge in [0.15, 0.2) is 0 Å². The van der Waals surface area contributed by atoms with Crippen molar-refractivity contribution in [2.45, 2.75) is 45.6 Å². The van der Waals surface area contributed by atoms with E-state index in [2.05, 4.69) is 9.82 Å². The third-order valence-electron chi connectivity index (χ3n) is 3.24. The molecule has 3 N–H and O–H groups in total. The van der Waals surface area contributed by atoms with Crippen LogP contribution in [0.3, 0.4) is 0 Å². The number of hydrogen-bond acceptors (Lipinski definition) is 4. The summed E-state index contributed by atoms with van der Waals surface area (Å²) >= 11 is 0. The van der Waals surface area contributed by atoms with Crippen molar-refractivity contribution in [3.05, 3.63) is 11.4 Å². The smallest absolute Gasteiger partial charge is 0.244 e. The normalized spacial score (nSPS) is 13.7. The second-order valence-corrected chi connectivity index (χ2v) is 6.58. The zero-order chi connectivity index (χ0) is 14.6. The molecule has 0 aromatic carbocycles. The maximum Gasteiger partial charge on any atom is 0.244 e. The van der Waals surface area contributed by atoms with Gasteiger partial charge in [-0.05, 0) is 19.8 Å². The average Bonchev–Trinajstić information content (AvgIpc) is 2.62. The fourth-order valence-corrected chi connectivity index (χ4v) is 3.45. The lowest BCUT2D eigenvalue weighted by Crippen LogP contribution is -2.29. The topological polar surface area (TPSA) is 90.0 Å². The van der Waals surface area contributed by atoms with Crippen molar-refractivity contribution in [3.63, 3.8) is 0 Å². The Balaban J connectivity index is 3.01. The molecule has 1 atom stereocenters. The quantitative estimate of drug-likeness (QED) is 0.776. The van der Waals surface area contributed by atoms with Crippen LogP contribution in [0.5, 0.6) is 0 Å². The lowest BCUT2D eigenvalue weighted by atomic mass is 10.1. The molecule has 0 amide bonds. The lowest BCUT2D eigenvalue weighted by Gasteiger charge is -2.11. The first kappa shape index (κ1) is 16.1. The molecule has 7 heteroatoms. The van der Waals surface area contributed by atoms with E-state index in [0.29, 0.717) is 36.9 Å². The Hall–Kier alpha value is -0.920. The van der Waals surface area contributed by atoms with Gasteiger partial charge in [-0.2, -0.15) is 5.10 Å². The molecule has 1 unspecified atom stereocenters. The van der Waals surface area contributed by atoms with Crippen LogP contribution in [0, 0.1) is 19.8 Å². The molecule has 0 radical (unpaired) electrons. The molecule has 1 aromatic heterocycles. The number of hydrogen-bond donors (Lipinski definition) is 2. The summed E-state index contributed by atoms with van der Waals surface area (Å²) in [4.78, 5) is 0.282. The van der Waals surface area contributed by atoms with Crippen molar-refractivity contribution in [2.75, 3.05) is 13.1 Å². The Bertz CT molecular complexity index is 522. The van der Waals surface area contributed by atoms with Crippen LogP contribution in [0.4, 0.5) is 0 Å². The van der Waals surface area contributed by atoms with Gasteiger partial charge in [-0.15, -0.1) is 0 Å². The summed E-state index contributed by atoms with van der Waals surface area (Å²) in [7, 11) is -3.50. The summed E-state index contributed by atoms with van der Waals surface area (Å²) in [6, 6.07) is 0. The molecule has 0 saturated carbocycles. The highest BCUT2D eigenvalue weighted by Gasteiger charge is 2.24. The van der Waals surface area contributed by atoms with Crippen molar-refractivity contribution in [1.29, 1.82) is 0 Å². The Morgan fingerprint density at radius 1 is 1.42 bits per heavy atom. The molecule has 110 valence electrons. The van der Waals surface area contributed by atoms with Gasteiger partial charge >= 0.3 is 0 Å². The van der Waals surface area contributed by atoms with E-state index < -0.39 is 10.0 Å². The maximum absolute atomic E-state index is 12.3. The minimum absolute atomic E-state index is 0.282. The van der Waals surface area contributed by atoms with Gasteiger partial charge in [0.05, 0.1) is 17.9 Å². The second kappa shape index (κ2) is 6.49. The Morgan fingerprint density at radius 3 is 2.58 bits per heavy atom. The van der Waals surface area contributed by atoms with Crippen LogP contribution in [0.15, 0.2) is 4.90 Å². The molecule has 0 bridgehead atoms. The molecule has 0 spiro atoms. The SMILES string of the molecule is CCC(C)CNS(=O)(=O)c1c(C)nn(CCN)c1C. The fourth-order valence-electron chi connectivity index (χ4n) is 1.88. The first-order valence-corrected chi connectivity index (χ1v) is 8.05. The van der Waals surface area contributed by atoms with E-state index in [9.17, 15) is 8.42 Å². The van der Waals surface area contributed by atoms with Crippen LogP contribution in [-0.2, 0) is 16.6 Å². The zero-order valence-electron chi connectivity index (χ0n) is 12.1. The van der Waals surface area contributed by atoms with E-state index in [1.165, 1.54) is 0 Å². The molecular formula is C12H24N4O2S. The van der Waals surface area contributed by atoms with Gasteiger partial charge in [-0.25, -0.2) is 13.1 Å². The molecule has 1 heterocycles. The van der Waals surface area contributed by atoms with E-state index in [1.807, 2.05) is 13.8 Å². The summed E-state index contributed by atoms with van der Waals surface area (Å²) in [6.45, 7) is 8.91. The average molecular weight is 288 g/mol. The van der Waals surface area contributed by atoms with E-state index in [4.69, 9.17) is 5.73 Å². The Morgan fingerprint density at radius 2 is 2.05 bits per heavy atom. The van der Waals surface area contributed by atoms with E-state index in [-0.39, 0.29) is 4.90 Å². The number of sulfonamides is 1. The number of nitrogens with zero attached hydrogens (tertiary/aromatic N) is 2. The highest BCUT2D eigenvalue weighted by molar-refractivity contribution is 7.89. The summed E-state index contributed by atoms with van der Waals surface area (Å²) in [6.07, 6.45) is 0.937. The van der Waals surface area contributed by atoms with Crippen LogP contribution >= 0.6 is 0 Å². The van der Waals surface area contributed by atoms with Crippen molar-refractivity contribution in [2.24, 2.45) is 11.7 Å².